The van der Waals surface area contributed by atoms with E-state index in [-0.39, 0.29) is 6.61 Å². The molecule has 1 aromatic heterocycles. The molecule has 1 N–H and O–H groups in total. The van der Waals surface area contributed by atoms with Crippen molar-refractivity contribution in [2.24, 2.45) is 0 Å². The molecule has 18 heavy (non-hydrogen) atoms. The van der Waals surface area contributed by atoms with E-state index < -0.39 is 0 Å². The lowest BCUT2D eigenvalue weighted by molar-refractivity contribution is 0.281. The fourth-order valence-corrected chi connectivity index (χ4v) is 2.09. The van der Waals surface area contributed by atoms with Gasteiger partial charge in [-0.3, -0.25) is 4.98 Å². The smallest absolute Gasteiger partial charge is 0.0717 e. The van der Waals surface area contributed by atoms with Gasteiger partial charge in [0, 0.05) is 35.9 Å². The maximum Gasteiger partial charge on any atom is 0.0717 e. The largest absolute Gasteiger partial charge is 0.392 e. The highest BCUT2D eigenvalue weighted by Crippen LogP contribution is 2.28. The van der Waals surface area contributed by atoms with Crippen molar-refractivity contribution in [1.82, 2.24) is 4.98 Å². The van der Waals surface area contributed by atoms with Crippen LogP contribution in [-0.2, 0) is 6.61 Å². The van der Waals surface area contributed by atoms with Gasteiger partial charge in [-0.25, -0.2) is 0 Å². The molecule has 0 aliphatic rings. The SMILES string of the molecule is CCN(c1cccc(C)c1)c1ccncc1CO. The van der Waals surface area contributed by atoms with E-state index in [0.717, 1.165) is 23.5 Å². The minimum Gasteiger partial charge on any atom is -0.392 e. The molecule has 0 aliphatic carbocycles. The number of pyridine rings is 1. The molecule has 2 aromatic rings. The molecule has 0 radical (unpaired) electrons. The molecule has 0 unspecified atom stereocenters. The maximum atomic E-state index is 9.40. The summed E-state index contributed by atoms with van der Waals surface area (Å²) in [5.41, 5.74) is 4.23. The van der Waals surface area contributed by atoms with Crippen molar-refractivity contribution >= 4 is 11.4 Å². The van der Waals surface area contributed by atoms with Crippen LogP contribution in [0, 0.1) is 6.92 Å². The number of aromatic nitrogens is 1. The molecule has 1 heterocycles. The Balaban J connectivity index is 2.45. The van der Waals surface area contributed by atoms with Crippen LogP contribution < -0.4 is 4.90 Å². The summed E-state index contributed by atoms with van der Waals surface area (Å²) in [7, 11) is 0. The van der Waals surface area contributed by atoms with E-state index in [9.17, 15) is 5.11 Å². The molecule has 3 heteroatoms. The molecule has 1 aromatic carbocycles. The normalized spacial score (nSPS) is 10.4. The third kappa shape index (κ3) is 2.51. The number of hydrogen-bond donors (Lipinski definition) is 1. The highest BCUT2D eigenvalue weighted by molar-refractivity contribution is 5.66. The molecular weight excluding hydrogens is 224 g/mol. The van der Waals surface area contributed by atoms with Crippen LogP contribution in [0.25, 0.3) is 0 Å². The zero-order valence-electron chi connectivity index (χ0n) is 10.8. The van der Waals surface area contributed by atoms with Crippen molar-refractivity contribution in [2.45, 2.75) is 20.5 Å². The Morgan fingerprint density at radius 3 is 2.78 bits per heavy atom. The number of nitrogens with zero attached hydrogens (tertiary/aromatic N) is 2. The first kappa shape index (κ1) is 12.6. The summed E-state index contributed by atoms with van der Waals surface area (Å²) in [5.74, 6) is 0. The van der Waals surface area contributed by atoms with Crippen molar-refractivity contribution in [3.8, 4) is 0 Å². The van der Waals surface area contributed by atoms with Crippen LogP contribution >= 0.6 is 0 Å². The zero-order valence-corrected chi connectivity index (χ0v) is 10.8. The van der Waals surface area contributed by atoms with E-state index in [2.05, 4.69) is 41.9 Å². The Kier molecular flexibility index (Phi) is 3.95. The first-order chi connectivity index (χ1) is 8.76. The summed E-state index contributed by atoms with van der Waals surface area (Å²) in [6, 6.07) is 10.3. The van der Waals surface area contributed by atoms with Crippen LogP contribution in [0.3, 0.4) is 0 Å². The standard InChI is InChI=1S/C15H18N2O/c1-3-17(14-6-4-5-12(2)9-14)15-7-8-16-10-13(15)11-18/h4-10,18H,3,11H2,1-2H3. The Labute approximate surface area is 108 Å². The lowest BCUT2D eigenvalue weighted by Gasteiger charge is -2.25. The summed E-state index contributed by atoms with van der Waals surface area (Å²) in [6.07, 6.45) is 3.47. The predicted molar refractivity (Wildman–Crippen MR) is 74.0 cm³/mol. The molecule has 0 fully saturated rings. The Morgan fingerprint density at radius 1 is 1.28 bits per heavy atom. The first-order valence-electron chi connectivity index (χ1n) is 6.14. The van der Waals surface area contributed by atoms with Gasteiger partial charge in [0.2, 0.25) is 0 Å². The highest BCUT2D eigenvalue weighted by atomic mass is 16.3. The first-order valence-corrected chi connectivity index (χ1v) is 6.14. The molecule has 0 aliphatic heterocycles. The Morgan fingerprint density at radius 2 is 2.11 bits per heavy atom. The molecule has 0 amide bonds. The van der Waals surface area contributed by atoms with E-state index in [1.807, 2.05) is 12.1 Å². The molecule has 0 bridgehead atoms. The van der Waals surface area contributed by atoms with Gasteiger partial charge in [0.15, 0.2) is 0 Å². The van der Waals surface area contributed by atoms with Gasteiger partial charge in [0.05, 0.1) is 6.61 Å². The second-order valence-electron chi connectivity index (χ2n) is 4.25. The number of hydrogen-bond acceptors (Lipinski definition) is 3. The zero-order chi connectivity index (χ0) is 13.0. The summed E-state index contributed by atoms with van der Waals surface area (Å²) in [6.45, 7) is 5.03. The molecule has 94 valence electrons. The topological polar surface area (TPSA) is 36.4 Å². The van der Waals surface area contributed by atoms with Crippen molar-refractivity contribution in [1.29, 1.82) is 0 Å². The van der Waals surface area contributed by atoms with Crippen LogP contribution in [0.1, 0.15) is 18.1 Å². The van der Waals surface area contributed by atoms with E-state index in [1.54, 1.807) is 12.4 Å². The number of aryl methyl sites for hydroxylation is 1. The van der Waals surface area contributed by atoms with Gasteiger partial charge in [-0.05, 0) is 37.6 Å². The molecule has 3 nitrogen and oxygen atoms in total. The van der Waals surface area contributed by atoms with Gasteiger partial charge in [-0.2, -0.15) is 0 Å². The summed E-state index contributed by atoms with van der Waals surface area (Å²) < 4.78 is 0. The molecular formula is C15H18N2O. The van der Waals surface area contributed by atoms with Gasteiger partial charge in [-0.15, -0.1) is 0 Å². The summed E-state index contributed by atoms with van der Waals surface area (Å²) in [4.78, 5) is 6.24. The Hall–Kier alpha value is -1.87. The average Bonchev–Trinajstić information content (AvgIpc) is 2.40. The van der Waals surface area contributed by atoms with Crippen molar-refractivity contribution in [3.05, 3.63) is 53.9 Å². The molecule has 0 saturated heterocycles. The van der Waals surface area contributed by atoms with Gasteiger partial charge in [-0.1, -0.05) is 12.1 Å². The molecule has 0 spiro atoms. The minimum absolute atomic E-state index is 0.00545. The van der Waals surface area contributed by atoms with Crippen molar-refractivity contribution in [2.75, 3.05) is 11.4 Å². The van der Waals surface area contributed by atoms with Crippen LogP contribution in [-0.4, -0.2) is 16.6 Å². The van der Waals surface area contributed by atoms with Crippen molar-refractivity contribution in [3.63, 3.8) is 0 Å². The number of anilines is 2. The third-order valence-electron chi connectivity index (χ3n) is 2.97. The number of aliphatic hydroxyl groups excluding tert-OH is 1. The Bertz CT molecular complexity index is 525. The van der Waals surface area contributed by atoms with E-state index in [4.69, 9.17) is 0 Å². The van der Waals surface area contributed by atoms with Gasteiger partial charge in [0.25, 0.3) is 0 Å². The number of benzene rings is 1. The van der Waals surface area contributed by atoms with Crippen LogP contribution in [0.2, 0.25) is 0 Å². The minimum atomic E-state index is 0.00545. The van der Waals surface area contributed by atoms with Crippen LogP contribution in [0.15, 0.2) is 42.7 Å². The maximum absolute atomic E-state index is 9.40. The predicted octanol–water partition coefficient (Wildman–Crippen LogP) is 3.04. The van der Waals surface area contributed by atoms with Crippen molar-refractivity contribution < 1.29 is 5.11 Å². The number of aliphatic hydroxyl groups is 1. The van der Waals surface area contributed by atoms with Crippen LogP contribution in [0.5, 0.6) is 0 Å². The monoisotopic (exact) mass is 242 g/mol. The second-order valence-corrected chi connectivity index (χ2v) is 4.25. The molecule has 0 saturated carbocycles. The fraction of sp³-hybridized carbons (Fsp3) is 0.267. The summed E-state index contributed by atoms with van der Waals surface area (Å²) >= 11 is 0. The van der Waals surface area contributed by atoms with Crippen LogP contribution in [0.4, 0.5) is 11.4 Å². The fourth-order valence-electron chi connectivity index (χ4n) is 2.09. The summed E-state index contributed by atoms with van der Waals surface area (Å²) in [5, 5.41) is 9.40. The quantitative estimate of drug-likeness (QED) is 0.895. The lowest BCUT2D eigenvalue weighted by atomic mass is 10.1. The van der Waals surface area contributed by atoms with Gasteiger partial charge in [0.1, 0.15) is 0 Å². The van der Waals surface area contributed by atoms with Gasteiger partial charge >= 0.3 is 0 Å². The van der Waals surface area contributed by atoms with Gasteiger partial charge < -0.3 is 10.0 Å². The number of rotatable bonds is 4. The third-order valence-corrected chi connectivity index (χ3v) is 2.97. The molecule has 0 atom stereocenters. The highest BCUT2D eigenvalue weighted by Gasteiger charge is 2.11. The second kappa shape index (κ2) is 5.65. The lowest BCUT2D eigenvalue weighted by Crippen LogP contribution is -2.18. The van der Waals surface area contributed by atoms with E-state index >= 15 is 0 Å². The van der Waals surface area contributed by atoms with E-state index in [1.165, 1.54) is 5.56 Å². The average molecular weight is 242 g/mol. The van der Waals surface area contributed by atoms with E-state index in [0.29, 0.717) is 0 Å². The molecule has 2 rings (SSSR count).